The average Bonchev–Trinajstić information content (AvgIpc) is 3.14. The van der Waals surface area contributed by atoms with Crippen LogP contribution in [0.4, 0.5) is 0 Å². The number of aliphatic hydroxyl groups is 1. The fourth-order valence-corrected chi connectivity index (χ4v) is 4.80. The van der Waals surface area contributed by atoms with Gasteiger partial charge in [-0.05, 0) is 37.7 Å². The summed E-state index contributed by atoms with van der Waals surface area (Å²) in [6.45, 7) is 4.19. The molecule has 0 saturated carbocycles. The van der Waals surface area contributed by atoms with Crippen LogP contribution >= 0.6 is 11.3 Å². The molecule has 0 aliphatic heterocycles. The van der Waals surface area contributed by atoms with Gasteiger partial charge < -0.3 is 10.4 Å². The maximum Gasteiger partial charge on any atom is 0.291 e. The molecule has 1 aliphatic carbocycles. The predicted molar refractivity (Wildman–Crippen MR) is 91.7 cm³/mol. The summed E-state index contributed by atoms with van der Waals surface area (Å²) in [7, 11) is 0. The van der Waals surface area contributed by atoms with Gasteiger partial charge in [0, 0.05) is 11.4 Å². The molecule has 4 rings (SSSR count). The van der Waals surface area contributed by atoms with E-state index in [0.29, 0.717) is 11.6 Å². The summed E-state index contributed by atoms with van der Waals surface area (Å²) in [5.41, 5.74) is 2.03. The van der Waals surface area contributed by atoms with Crippen LogP contribution in [-0.4, -0.2) is 43.7 Å². The Kier molecular flexibility index (Phi) is 3.73. The number of carbonyl (C=O) groups excluding carboxylic acids is 1. The number of thiophene rings is 1. The molecule has 0 radical (unpaired) electrons. The number of hydrogen-bond donors (Lipinski definition) is 2. The van der Waals surface area contributed by atoms with Gasteiger partial charge in [0.2, 0.25) is 5.82 Å². The van der Waals surface area contributed by atoms with Crippen LogP contribution in [0.1, 0.15) is 52.6 Å². The monoisotopic (exact) mass is 345 g/mol. The van der Waals surface area contributed by atoms with Crippen LogP contribution in [0.5, 0.6) is 0 Å². The summed E-state index contributed by atoms with van der Waals surface area (Å²) < 4.78 is 1.66. The van der Waals surface area contributed by atoms with Gasteiger partial charge >= 0.3 is 0 Å². The van der Waals surface area contributed by atoms with Crippen molar-refractivity contribution in [3.8, 4) is 0 Å². The minimum absolute atomic E-state index is 0.112. The summed E-state index contributed by atoms with van der Waals surface area (Å²) in [6.07, 6.45) is 3.46. The lowest BCUT2D eigenvalue weighted by Crippen LogP contribution is -2.27. The van der Waals surface area contributed by atoms with Crippen LogP contribution in [0.25, 0.3) is 15.9 Å². The zero-order chi connectivity index (χ0) is 16.8. The maximum atomic E-state index is 12.1. The highest BCUT2D eigenvalue weighted by molar-refractivity contribution is 7.19. The molecule has 3 aromatic rings. The predicted octanol–water partition coefficient (Wildman–Crippen LogP) is 1.81. The Morgan fingerprint density at radius 3 is 3.08 bits per heavy atom. The Labute approximate surface area is 142 Å². The first-order valence-electron chi connectivity index (χ1n) is 8.18. The molecule has 0 spiro atoms. The molecule has 7 nitrogen and oxygen atoms in total. The van der Waals surface area contributed by atoms with E-state index < -0.39 is 0 Å². The Bertz CT molecular complexity index is 945. The molecule has 1 atom stereocenters. The molecule has 24 heavy (non-hydrogen) atoms. The standard InChI is InChI=1S/C16H19N5O2S/c1-8-4-3-5-10-11(8)12-14-19-13(15(23)17-6-7-22)20-21(14)9(2)18-16(12)24-10/h8,22H,3-7H2,1-2H3,(H,17,23). The van der Waals surface area contributed by atoms with E-state index in [0.717, 1.165) is 28.9 Å². The van der Waals surface area contributed by atoms with E-state index in [1.54, 1.807) is 15.9 Å². The largest absolute Gasteiger partial charge is 0.395 e. The van der Waals surface area contributed by atoms with Gasteiger partial charge in [-0.1, -0.05) is 6.92 Å². The van der Waals surface area contributed by atoms with Crippen LogP contribution in [-0.2, 0) is 6.42 Å². The lowest BCUT2D eigenvalue weighted by Gasteiger charge is -2.18. The third-order valence-electron chi connectivity index (χ3n) is 4.54. The lowest BCUT2D eigenvalue weighted by atomic mass is 9.87. The van der Waals surface area contributed by atoms with Gasteiger partial charge in [-0.15, -0.1) is 16.4 Å². The fraction of sp³-hybridized carbons (Fsp3) is 0.500. The topological polar surface area (TPSA) is 92.4 Å². The second-order valence-electron chi connectivity index (χ2n) is 6.22. The molecule has 126 valence electrons. The molecule has 3 aromatic heterocycles. The summed E-state index contributed by atoms with van der Waals surface area (Å²) >= 11 is 1.74. The van der Waals surface area contributed by atoms with Crippen molar-refractivity contribution in [2.24, 2.45) is 0 Å². The normalized spacial score (nSPS) is 17.4. The Morgan fingerprint density at radius 2 is 2.29 bits per heavy atom. The van der Waals surface area contributed by atoms with Crippen LogP contribution in [0.15, 0.2) is 0 Å². The molecule has 8 heteroatoms. The highest BCUT2D eigenvalue weighted by Crippen LogP contribution is 2.42. The van der Waals surface area contributed by atoms with Gasteiger partial charge in [0.1, 0.15) is 10.7 Å². The van der Waals surface area contributed by atoms with E-state index in [1.807, 2.05) is 6.92 Å². The molecule has 1 unspecified atom stereocenters. The molecular weight excluding hydrogens is 326 g/mol. The molecule has 0 saturated heterocycles. The Morgan fingerprint density at radius 1 is 1.46 bits per heavy atom. The van der Waals surface area contributed by atoms with E-state index >= 15 is 0 Å². The number of nitrogens with zero attached hydrogens (tertiary/aromatic N) is 4. The first-order chi connectivity index (χ1) is 11.6. The van der Waals surface area contributed by atoms with E-state index in [9.17, 15) is 4.79 Å². The van der Waals surface area contributed by atoms with Crippen molar-refractivity contribution in [3.05, 3.63) is 22.1 Å². The summed E-state index contributed by atoms with van der Waals surface area (Å²) in [5.74, 6) is 0.929. The number of rotatable bonds is 3. The number of nitrogens with one attached hydrogen (secondary N) is 1. The number of carbonyl (C=O) groups is 1. The molecule has 2 N–H and O–H groups in total. The van der Waals surface area contributed by atoms with Crippen molar-refractivity contribution in [3.63, 3.8) is 0 Å². The van der Waals surface area contributed by atoms with Gasteiger partial charge in [-0.3, -0.25) is 4.79 Å². The molecule has 0 bridgehead atoms. The van der Waals surface area contributed by atoms with E-state index in [4.69, 9.17) is 5.11 Å². The number of aromatic nitrogens is 4. The average molecular weight is 345 g/mol. The van der Waals surface area contributed by atoms with E-state index in [2.05, 4.69) is 27.3 Å². The molecule has 0 fully saturated rings. The van der Waals surface area contributed by atoms with Crippen LogP contribution < -0.4 is 5.32 Å². The molecule has 1 aliphatic rings. The van der Waals surface area contributed by atoms with Crippen LogP contribution in [0.2, 0.25) is 0 Å². The maximum absolute atomic E-state index is 12.1. The van der Waals surface area contributed by atoms with E-state index in [1.165, 1.54) is 16.9 Å². The van der Waals surface area contributed by atoms with Gasteiger partial charge in [0.25, 0.3) is 5.91 Å². The molecule has 3 heterocycles. The molecular formula is C16H19N5O2S. The second-order valence-corrected chi connectivity index (χ2v) is 7.31. The van der Waals surface area contributed by atoms with Crippen molar-refractivity contribution in [1.82, 2.24) is 24.9 Å². The third kappa shape index (κ3) is 2.29. The Hall–Kier alpha value is -2.06. The smallest absolute Gasteiger partial charge is 0.291 e. The lowest BCUT2D eigenvalue weighted by molar-refractivity contribution is 0.0934. The van der Waals surface area contributed by atoms with Gasteiger partial charge in [0.15, 0.2) is 5.65 Å². The zero-order valence-electron chi connectivity index (χ0n) is 13.7. The second kappa shape index (κ2) is 5.78. The minimum Gasteiger partial charge on any atom is -0.395 e. The number of hydrogen-bond acceptors (Lipinski definition) is 6. The Balaban J connectivity index is 1.94. The van der Waals surface area contributed by atoms with Crippen molar-refractivity contribution < 1.29 is 9.90 Å². The fourth-order valence-electron chi connectivity index (χ4n) is 3.43. The molecule has 0 aromatic carbocycles. The van der Waals surface area contributed by atoms with E-state index in [-0.39, 0.29) is 24.9 Å². The third-order valence-corrected chi connectivity index (χ3v) is 5.70. The number of amides is 1. The number of aryl methyl sites for hydroxylation is 2. The highest BCUT2D eigenvalue weighted by Gasteiger charge is 2.26. The van der Waals surface area contributed by atoms with Crippen molar-refractivity contribution in [2.75, 3.05) is 13.2 Å². The van der Waals surface area contributed by atoms with Crippen LogP contribution in [0, 0.1) is 6.92 Å². The van der Waals surface area contributed by atoms with Crippen molar-refractivity contribution >= 4 is 33.1 Å². The summed E-state index contributed by atoms with van der Waals surface area (Å²) in [6, 6.07) is 0. The van der Waals surface area contributed by atoms with Gasteiger partial charge in [-0.2, -0.15) is 4.52 Å². The van der Waals surface area contributed by atoms with Gasteiger partial charge in [0.05, 0.1) is 12.0 Å². The van der Waals surface area contributed by atoms with Crippen LogP contribution in [0.3, 0.4) is 0 Å². The quantitative estimate of drug-likeness (QED) is 0.755. The number of fused-ring (bicyclic) bond motifs is 5. The number of aliphatic hydroxyl groups excluding tert-OH is 1. The first-order valence-corrected chi connectivity index (χ1v) is 8.99. The zero-order valence-corrected chi connectivity index (χ0v) is 14.5. The molecule has 1 amide bonds. The minimum atomic E-state index is -0.377. The highest BCUT2D eigenvalue weighted by atomic mass is 32.1. The van der Waals surface area contributed by atoms with Gasteiger partial charge in [-0.25, -0.2) is 9.97 Å². The van der Waals surface area contributed by atoms with Crippen molar-refractivity contribution in [1.29, 1.82) is 0 Å². The first kappa shape index (κ1) is 15.5. The SMILES string of the molecule is Cc1nc2sc3c(c2c2nc(C(=O)NCCO)nn12)C(C)CCC3. The van der Waals surface area contributed by atoms with Crippen molar-refractivity contribution in [2.45, 2.75) is 39.0 Å². The summed E-state index contributed by atoms with van der Waals surface area (Å²) in [4.78, 5) is 23.7. The summed E-state index contributed by atoms with van der Waals surface area (Å²) in [5, 5.41) is 16.8.